The average molecular weight is 284 g/mol. The lowest BCUT2D eigenvalue weighted by molar-refractivity contribution is -0.130. The molecule has 6 nitrogen and oxygen atoms in total. The lowest BCUT2D eigenvalue weighted by atomic mass is 9.80. The molecule has 3 rings (SSSR count). The molecule has 1 aliphatic heterocycles. The predicted octanol–water partition coefficient (Wildman–Crippen LogP) is 1.66. The third-order valence-electron chi connectivity index (χ3n) is 3.74. The first kappa shape index (κ1) is 13.4. The van der Waals surface area contributed by atoms with Gasteiger partial charge in [0.15, 0.2) is 5.76 Å². The summed E-state index contributed by atoms with van der Waals surface area (Å²) in [6, 6.07) is 3.61. The molecule has 6 heteroatoms. The zero-order valence-electron chi connectivity index (χ0n) is 11.9. The van der Waals surface area contributed by atoms with Gasteiger partial charge >= 0.3 is 0 Å². The highest BCUT2D eigenvalue weighted by molar-refractivity contribution is 5.81. The van der Waals surface area contributed by atoms with Gasteiger partial charge in [-0.15, -0.1) is 0 Å². The number of aromatic nitrogens is 2. The molecule has 0 aliphatic carbocycles. The Hall–Kier alpha value is -2.63. The molecule has 0 spiro atoms. The highest BCUT2D eigenvalue weighted by atomic mass is 16.3. The first-order chi connectivity index (χ1) is 9.99. The molecule has 2 aromatic heterocycles. The van der Waals surface area contributed by atoms with Crippen LogP contribution in [0.25, 0.3) is 11.5 Å². The molecule has 0 fully saturated rings. The highest BCUT2D eigenvalue weighted by Gasteiger charge is 2.36. The predicted molar refractivity (Wildman–Crippen MR) is 76.7 cm³/mol. The Morgan fingerprint density at radius 3 is 2.90 bits per heavy atom. The van der Waals surface area contributed by atoms with Crippen LogP contribution in [0, 0.1) is 0 Å². The van der Waals surface area contributed by atoms with Crippen molar-refractivity contribution in [2.75, 3.05) is 7.05 Å². The number of allylic oxidation sites excluding steroid dienone is 1. The van der Waals surface area contributed by atoms with Crippen molar-refractivity contribution < 1.29 is 9.21 Å². The second kappa shape index (κ2) is 4.73. The van der Waals surface area contributed by atoms with E-state index >= 15 is 0 Å². The largest absolute Gasteiger partial charge is 0.463 e. The van der Waals surface area contributed by atoms with Gasteiger partial charge in [-0.25, -0.2) is 4.98 Å². The van der Waals surface area contributed by atoms with Crippen LogP contribution in [0.1, 0.15) is 19.0 Å². The normalized spacial score (nSPS) is 22.3. The molecule has 108 valence electrons. The van der Waals surface area contributed by atoms with Crippen molar-refractivity contribution in [2.24, 2.45) is 5.73 Å². The Morgan fingerprint density at radius 1 is 1.43 bits per heavy atom. The highest BCUT2D eigenvalue weighted by Crippen LogP contribution is 2.33. The number of hydrogen-bond donors (Lipinski definition) is 1. The number of amides is 1. The van der Waals surface area contributed by atoms with Gasteiger partial charge in [0.25, 0.3) is 0 Å². The van der Waals surface area contributed by atoms with Gasteiger partial charge in [-0.05, 0) is 25.1 Å². The van der Waals surface area contributed by atoms with Crippen LogP contribution in [0.15, 0.2) is 47.1 Å². The van der Waals surface area contributed by atoms with Crippen LogP contribution in [0.2, 0.25) is 0 Å². The van der Waals surface area contributed by atoms with E-state index in [1.54, 1.807) is 31.8 Å². The lowest BCUT2D eigenvalue weighted by Crippen LogP contribution is -2.41. The van der Waals surface area contributed by atoms with E-state index in [2.05, 4.69) is 9.97 Å². The number of nitrogens with two attached hydrogens (primary N) is 1. The molecule has 2 aromatic rings. The summed E-state index contributed by atoms with van der Waals surface area (Å²) in [6.07, 6.45) is 7.04. The second-order valence-electron chi connectivity index (χ2n) is 5.38. The summed E-state index contributed by atoms with van der Waals surface area (Å²) in [5.74, 6) is 1.03. The van der Waals surface area contributed by atoms with Crippen molar-refractivity contribution in [3.05, 3.63) is 48.4 Å². The molecule has 0 bridgehead atoms. The van der Waals surface area contributed by atoms with E-state index in [0.717, 1.165) is 0 Å². The number of hydrogen-bond acceptors (Lipinski definition) is 5. The molecule has 0 aromatic carbocycles. The van der Waals surface area contributed by atoms with Crippen molar-refractivity contribution in [3.63, 3.8) is 0 Å². The molecular formula is C15H16N4O2. The summed E-state index contributed by atoms with van der Waals surface area (Å²) in [6.45, 7) is 1.93. The molecule has 0 saturated heterocycles. The lowest BCUT2D eigenvalue weighted by Gasteiger charge is -2.33. The molecule has 0 unspecified atom stereocenters. The van der Waals surface area contributed by atoms with E-state index in [4.69, 9.17) is 10.2 Å². The van der Waals surface area contributed by atoms with Crippen molar-refractivity contribution in [3.8, 4) is 11.5 Å². The molecule has 1 atom stereocenters. The molecule has 0 radical (unpaired) electrons. The molecule has 1 aliphatic rings. The van der Waals surface area contributed by atoms with Crippen molar-refractivity contribution >= 4 is 5.91 Å². The fourth-order valence-electron chi connectivity index (χ4n) is 2.40. The molecule has 2 N–H and O–H groups in total. The minimum Gasteiger partial charge on any atom is -0.463 e. The van der Waals surface area contributed by atoms with Gasteiger partial charge < -0.3 is 15.1 Å². The third kappa shape index (κ3) is 2.29. The van der Waals surface area contributed by atoms with Gasteiger partial charge in [0.05, 0.1) is 18.2 Å². The zero-order valence-corrected chi connectivity index (χ0v) is 11.9. The Bertz CT molecular complexity index is 708. The maximum Gasteiger partial charge on any atom is 0.229 e. The molecule has 1 amide bonds. The number of nitrogens with zero attached hydrogens (tertiary/aromatic N) is 3. The van der Waals surface area contributed by atoms with Crippen LogP contribution in [-0.2, 0) is 10.2 Å². The summed E-state index contributed by atoms with van der Waals surface area (Å²) < 4.78 is 5.34. The van der Waals surface area contributed by atoms with Gasteiger partial charge in [0, 0.05) is 25.1 Å². The van der Waals surface area contributed by atoms with Gasteiger partial charge in [0.2, 0.25) is 5.91 Å². The first-order valence-corrected chi connectivity index (χ1v) is 6.61. The summed E-state index contributed by atoms with van der Waals surface area (Å²) in [4.78, 5) is 22.3. The fraction of sp³-hybridized carbons (Fsp3) is 0.267. The van der Waals surface area contributed by atoms with Gasteiger partial charge in [-0.1, -0.05) is 0 Å². The standard InChI is InChI=1S/C15H16N4O2/c1-15(6-13(16)19(2)14(20)7-15)12-9-17-8-10(18-12)11-4-3-5-21-11/h3-6,8-9H,7,16H2,1-2H3/t15-/m0/s1. The number of carbonyl (C=O) groups is 1. The minimum atomic E-state index is -0.566. The van der Waals surface area contributed by atoms with Crippen LogP contribution in [0.5, 0.6) is 0 Å². The molecule has 0 saturated carbocycles. The second-order valence-corrected chi connectivity index (χ2v) is 5.38. The van der Waals surface area contributed by atoms with E-state index in [-0.39, 0.29) is 5.91 Å². The minimum absolute atomic E-state index is 0.0392. The monoisotopic (exact) mass is 284 g/mol. The summed E-state index contributed by atoms with van der Waals surface area (Å²) in [5.41, 5.74) is 6.68. The van der Waals surface area contributed by atoms with Crippen molar-refractivity contribution in [2.45, 2.75) is 18.8 Å². The quantitative estimate of drug-likeness (QED) is 0.906. The molecular weight excluding hydrogens is 268 g/mol. The SMILES string of the molecule is CN1C(=O)C[C@@](C)(c2cncc(-c3ccco3)n2)C=C1N. The number of carbonyl (C=O) groups excluding carboxylic acids is 1. The van der Waals surface area contributed by atoms with E-state index in [9.17, 15) is 4.79 Å². The fourth-order valence-corrected chi connectivity index (χ4v) is 2.40. The third-order valence-corrected chi connectivity index (χ3v) is 3.74. The van der Waals surface area contributed by atoms with Crippen molar-refractivity contribution in [1.82, 2.24) is 14.9 Å². The molecule has 3 heterocycles. The maximum atomic E-state index is 12.0. The Kier molecular flexibility index (Phi) is 3.01. The Morgan fingerprint density at radius 2 is 2.24 bits per heavy atom. The van der Waals surface area contributed by atoms with Crippen LogP contribution in [0.4, 0.5) is 0 Å². The number of furan rings is 1. The Balaban J connectivity index is 2.04. The Labute approximate surface area is 122 Å². The van der Waals surface area contributed by atoms with Crippen molar-refractivity contribution in [1.29, 1.82) is 0 Å². The smallest absolute Gasteiger partial charge is 0.229 e. The van der Waals surface area contributed by atoms with Crippen LogP contribution in [-0.4, -0.2) is 27.8 Å². The molecule has 21 heavy (non-hydrogen) atoms. The summed E-state index contributed by atoms with van der Waals surface area (Å²) >= 11 is 0. The van der Waals surface area contributed by atoms with E-state index < -0.39 is 5.41 Å². The van der Waals surface area contributed by atoms with Crippen LogP contribution >= 0.6 is 0 Å². The zero-order chi connectivity index (χ0) is 15.0. The van der Waals surface area contributed by atoms with Gasteiger partial charge in [-0.3, -0.25) is 9.78 Å². The van der Waals surface area contributed by atoms with E-state index in [0.29, 0.717) is 29.4 Å². The van der Waals surface area contributed by atoms with Gasteiger partial charge in [-0.2, -0.15) is 0 Å². The van der Waals surface area contributed by atoms with Crippen LogP contribution < -0.4 is 5.73 Å². The first-order valence-electron chi connectivity index (χ1n) is 6.61. The topological polar surface area (TPSA) is 85.2 Å². The van der Waals surface area contributed by atoms with Gasteiger partial charge in [0.1, 0.15) is 11.5 Å². The maximum absolute atomic E-state index is 12.0. The van der Waals surface area contributed by atoms with Crippen LogP contribution in [0.3, 0.4) is 0 Å². The number of rotatable bonds is 2. The summed E-state index contributed by atoms with van der Waals surface area (Å²) in [7, 11) is 1.67. The average Bonchev–Trinajstić information content (AvgIpc) is 2.99. The van der Waals surface area contributed by atoms with E-state index in [1.807, 2.05) is 19.1 Å². The summed E-state index contributed by atoms with van der Waals surface area (Å²) in [5, 5.41) is 0. The van der Waals surface area contributed by atoms with E-state index in [1.165, 1.54) is 4.90 Å².